The third-order valence-corrected chi connectivity index (χ3v) is 5.61. The van der Waals surface area contributed by atoms with Crippen molar-refractivity contribution in [2.75, 3.05) is 16.8 Å². The van der Waals surface area contributed by atoms with Gasteiger partial charge in [0.2, 0.25) is 0 Å². The van der Waals surface area contributed by atoms with Gasteiger partial charge in [-0.2, -0.15) is 0 Å². The summed E-state index contributed by atoms with van der Waals surface area (Å²) < 4.78 is 0. The van der Waals surface area contributed by atoms with E-state index >= 15 is 0 Å². The Hall–Kier alpha value is -3.44. The van der Waals surface area contributed by atoms with Crippen LogP contribution in [0.5, 0.6) is 0 Å². The lowest BCUT2D eigenvalue weighted by Gasteiger charge is -2.22. The summed E-state index contributed by atoms with van der Waals surface area (Å²) in [5.41, 5.74) is 2.11. The maximum absolute atomic E-state index is 13.1. The van der Waals surface area contributed by atoms with Crippen LogP contribution in [0.3, 0.4) is 0 Å². The van der Waals surface area contributed by atoms with E-state index in [2.05, 4.69) is 11.4 Å². The predicted octanol–water partition coefficient (Wildman–Crippen LogP) is 5.82. The molecular weight excluding hydrogens is 380 g/mol. The first kappa shape index (κ1) is 18.9. The molecule has 3 aromatic carbocycles. The topological polar surface area (TPSA) is 49.4 Å². The van der Waals surface area contributed by atoms with Gasteiger partial charge in [-0.25, -0.2) is 0 Å². The molecule has 0 spiro atoms. The lowest BCUT2D eigenvalue weighted by molar-refractivity contribution is 0.0987. The van der Waals surface area contributed by atoms with Crippen molar-refractivity contribution in [3.8, 4) is 0 Å². The molecule has 0 unspecified atom stereocenters. The molecule has 5 heteroatoms. The zero-order chi connectivity index (χ0) is 20.2. The molecule has 4 nitrogen and oxygen atoms in total. The van der Waals surface area contributed by atoms with Gasteiger partial charge < -0.3 is 10.2 Å². The summed E-state index contributed by atoms with van der Waals surface area (Å²) in [5, 5.41) is 6.96. The van der Waals surface area contributed by atoms with Gasteiger partial charge in [-0.15, -0.1) is 11.3 Å². The average Bonchev–Trinajstić information content (AvgIpc) is 3.30. The lowest BCUT2D eigenvalue weighted by atomic mass is 10.1. The smallest absolute Gasteiger partial charge is 0.265 e. The number of carbonyl (C=O) groups is 2. The fourth-order valence-electron chi connectivity index (χ4n) is 3.24. The van der Waals surface area contributed by atoms with Gasteiger partial charge >= 0.3 is 0 Å². The van der Waals surface area contributed by atoms with Crippen molar-refractivity contribution in [1.29, 1.82) is 0 Å². The fourth-order valence-corrected chi connectivity index (χ4v) is 3.86. The minimum Gasteiger partial charge on any atom is -0.321 e. The molecule has 0 fully saturated rings. The summed E-state index contributed by atoms with van der Waals surface area (Å²) in [6.07, 6.45) is 0. The number of benzene rings is 3. The second-order valence-corrected chi connectivity index (χ2v) is 7.54. The number of nitrogens with zero attached hydrogens (tertiary/aromatic N) is 1. The van der Waals surface area contributed by atoms with Crippen molar-refractivity contribution in [3.05, 3.63) is 94.7 Å². The number of carbonyl (C=O) groups excluding carboxylic acids is 2. The van der Waals surface area contributed by atoms with Gasteiger partial charge in [-0.1, -0.05) is 36.4 Å². The number of hydrogen-bond donors (Lipinski definition) is 1. The van der Waals surface area contributed by atoms with Gasteiger partial charge in [0.15, 0.2) is 0 Å². The summed E-state index contributed by atoms with van der Waals surface area (Å²) >= 11 is 1.39. The van der Waals surface area contributed by atoms with Crippen LogP contribution in [-0.2, 0) is 0 Å². The second kappa shape index (κ2) is 8.29. The minimum absolute atomic E-state index is 0.0704. The lowest BCUT2D eigenvalue weighted by Crippen LogP contribution is -2.30. The highest BCUT2D eigenvalue weighted by Gasteiger charge is 2.17. The molecule has 2 amide bonds. The molecule has 1 N–H and O–H groups in total. The maximum atomic E-state index is 13.1. The Morgan fingerprint density at radius 3 is 2.34 bits per heavy atom. The van der Waals surface area contributed by atoms with Crippen LogP contribution >= 0.6 is 11.3 Å². The highest BCUT2D eigenvalue weighted by molar-refractivity contribution is 7.12. The van der Waals surface area contributed by atoms with E-state index in [9.17, 15) is 9.59 Å². The van der Waals surface area contributed by atoms with Gasteiger partial charge in [0, 0.05) is 23.5 Å². The van der Waals surface area contributed by atoms with Gasteiger partial charge in [0.1, 0.15) is 0 Å². The number of thiophene rings is 1. The molecule has 4 aromatic rings. The van der Waals surface area contributed by atoms with Crippen molar-refractivity contribution >= 4 is 45.3 Å². The van der Waals surface area contributed by atoms with Crippen LogP contribution in [0.25, 0.3) is 10.8 Å². The zero-order valence-electron chi connectivity index (χ0n) is 16.0. The molecule has 1 heterocycles. The summed E-state index contributed by atoms with van der Waals surface area (Å²) in [6, 6.07) is 24.8. The Morgan fingerprint density at radius 2 is 1.66 bits per heavy atom. The van der Waals surface area contributed by atoms with Gasteiger partial charge in [0.25, 0.3) is 11.8 Å². The molecule has 0 aliphatic rings. The quantitative estimate of drug-likeness (QED) is 0.459. The summed E-state index contributed by atoms with van der Waals surface area (Å²) in [4.78, 5) is 27.6. The number of rotatable bonds is 5. The van der Waals surface area contributed by atoms with Crippen LogP contribution in [0.15, 0.2) is 84.2 Å². The fraction of sp³-hybridized carbons (Fsp3) is 0.0833. The first-order chi connectivity index (χ1) is 14.2. The van der Waals surface area contributed by atoms with Crippen LogP contribution in [0, 0.1) is 0 Å². The molecule has 0 saturated heterocycles. The maximum Gasteiger partial charge on any atom is 0.265 e. The van der Waals surface area contributed by atoms with E-state index in [0.717, 1.165) is 16.5 Å². The minimum atomic E-state index is -0.148. The normalized spacial score (nSPS) is 10.7. The van der Waals surface area contributed by atoms with Gasteiger partial charge in [-0.05, 0) is 65.5 Å². The Kier molecular flexibility index (Phi) is 5.40. The van der Waals surface area contributed by atoms with E-state index < -0.39 is 0 Å². The molecular formula is C24H20N2O2S. The van der Waals surface area contributed by atoms with E-state index in [0.29, 0.717) is 22.7 Å². The van der Waals surface area contributed by atoms with Crippen LogP contribution in [-0.4, -0.2) is 18.4 Å². The van der Waals surface area contributed by atoms with Gasteiger partial charge in [0.05, 0.1) is 4.88 Å². The Labute approximate surface area is 173 Å². The number of anilines is 2. The molecule has 144 valence electrons. The highest BCUT2D eigenvalue weighted by Crippen LogP contribution is 2.24. The van der Waals surface area contributed by atoms with E-state index in [-0.39, 0.29) is 11.8 Å². The average molecular weight is 401 g/mol. The molecule has 0 radical (unpaired) electrons. The number of hydrogen-bond acceptors (Lipinski definition) is 3. The number of amides is 2. The van der Waals surface area contributed by atoms with E-state index in [1.165, 1.54) is 11.3 Å². The predicted molar refractivity (Wildman–Crippen MR) is 120 cm³/mol. The van der Waals surface area contributed by atoms with E-state index in [1.807, 2.05) is 54.8 Å². The Balaban J connectivity index is 1.53. The standard InChI is InChI=1S/C24H20N2O2S/c1-2-26(21-14-11-17-6-3-4-7-19(17)16-21)24(28)18-9-12-20(13-10-18)25-23(27)22-8-5-15-29-22/h3-16H,2H2,1H3,(H,25,27). The highest BCUT2D eigenvalue weighted by atomic mass is 32.1. The summed E-state index contributed by atoms with van der Waals surface area (Å²) in [6.45, 7) is 2.52. The first-order valence-corrected chi connectivity index (χ1v) is 10.3. The SMILES string of the molecule is CCN(C(=O)c1ccc(NC(=O)c2cccs2)cc1)c1ccc2ccccc2c1. The molecule has 29 heavy (non-hydrogen) atoms. The Bertz CT molecular complexity index is 1150. The van der Waals surface area contributed by atoms with Crippen molar-refractivity contribution < 1.29 is 9.59 Å². The molecule has 0 aliphatic heterocycles. The number of fused-ring (bicyclic) bond motifs is 1. The van der Waals surface area contributed by atoms with Crippen molar-refractivity contribution in [2.45, 2.75) is 6.92 Å². The van der Waals surface area contributed by atoms with Crippen molar-refractivity contribution in [1.82, 2.24) is 0 Å². The molecule has 1 aromatic heterocycles. The van der Waals surface area contributed by atoms with E-state index in [4.69, 9.17) is 0 Å². The monoisotopic (exact) mass is 400 g/mol. The third-order valence-electron chi connectivity index (χ3n) is 4.74. The molecule has 0 atom stereocenters. The van der Waals surface area contributed by atoms with Crippen LogP contribution in [0.1, 0.15) is 27.0 Å². The van der Waals surface area contributed by atoms with Crippen molar-refractivity contribution in [3.63, 3.8) is 0 Å². The largest absolute Gasteiger partial charge is 0.321 e. The molecule has 4 rings (SSSR count). The molecule has 0 aliphatic carbocycles. The number of nitrogens with one attached hydrogen (secondary N) is 1. The van der Waals surface area contributed by atoms with E-state index in [1.54, 1.807) is 35.2 Å². The van der Waals surface area contributed by atoms with Crippen LogP contribution < -0.4 is 10.2 Å². The summed E-state index contributed by atoms with van der Waals surface area (Å²) in [7, 11) is 0. The van der Waals surface area contributed by atoms with Crippen molar-refractivity contribution in [2.24, 2.45) is 0 Å². The zero-order valence-corrected chi connectivity index (χ0v) is 16.8. The molecule has 0 bridgehead atoms. The molecule has 0 saturated carbocycles. The first-order valence-electron chi connectivity index (χ1n) is 9.41. The van der Waals surface area contributed by atoms with Crippen LogP contribution in [0.4, 0.5) is 11.4 Å². The van der Waals surface area contributed by atoms with Crippen LogP contribution in [0.2, 0.25) is 0 Å². The summed E-state index contributed by atoms with van der Waals surface area (Å²) in [5.74, 6) is -0.218. The second-order valence-electron chi connectivity index (χ2n) is 6.59. The Morgan fingerprint density at radius 1 is 0.897 bits per heavy atom. The van der Waals surface area contributed by atoms with Gasteiger partial charge in [-0.3, -0.25) is 9.59 Å². The third kappa shape index (κ3) is 4.05.